The molecule has 2 unspecified atom stereocenters. The third-order valence-corrected chi connectivity index (χ3v) is 3.18. The van der Waals surface area contributed by atoms with Gasteiger partial charge in [-0.2, -0.15) is 0 Å². The van der Waals surface area contributed by atoms with Crippen LogP contribution in [0.5, 0.6) is 0 Å². The summed E-state index contributed by atoms with van der Waals surface area (Å²) in [4.78, 5) is 14.0. The fourth-order valence-electron chi connectivity index (χ4n) is 2.38. The quantitative estimate of drug-likeness (QED) is 0.720. The molecule has 0 aromatic rings. The Bertz CT molecular complexity index is 196. The first kappa shape index (κ1) is 12.5. The van der Waals surface area contributed by atoms with E-state index >= 15 is 0 Å². The molecule has 3 nitrogen and oxygen atoms in total. The van der Waals surface area contributed by atoms with Crippen molar-refractivity contribution < 1.29 is 4.79 Å². The molecule has 0 bridgehead atoms. The Labute approximate surface area is 93.2 Å². The van der Waals surface area contributed by atoms with E-state index in [4.69, 9.17) is 0 Å². The van der Waals surface area contributed by atoms with Crippen molar-refractivity contribution in [1.29, 1.82) is 0 Å². The number of piperidine rings is 1. The highest BCUT2D eigenvalue weighted by molar-refractivity contribution is 5.79. The second-order valence-corrected chi connectivity index (χ2v) is 4.61. The fourth-order valence-corrected chi connectivity index (χ4v) is 2.38. The van der Waals surface area contributed by atoms with Gasteiger partial charge in [-0.1, -0.05) is 6.92 Å². The average molecular weight is 212 g/mol. The summed E-state index contributed by atoms with van der Waals surface area (Å²) in [6, 6.07) is 0.842. The molecule has 0 aliphatic carbocycles. The zero-order chi connectivity index (χ0) is 11.3. The molecular weight excluding hydrogens is 188 g/mol. The van der Waals surface area contributed by atoms with E-state index in [0.717, 1.165) is 25.8 Å². The normalized spacial score (nSPS) is 26.7. The number of nitrogens with zero attached hydrogens (tertiary/aromatic N) is 1. The Balaban J connectivity index is 2.41. The zero-order valence-electron chi connectivity index (χ0n) is 10.3. The Morgan fingerprint density at radius 2 is 1.93 bits per heavy atom. The summed E-state index contributed by atoms with van der Waals surface area (Å²) in [6.45, 7) is 7.87. The smallest absolute Gasteiger partial charge is 0.237 e. The molecule has 1 aliphatic rings. The number of likely N-dealkylation sites (tertiary alicyclic amines) is 1. The predicted octanol–water partition coefficient (Wildman–Crippen LogP) is 1.78. The maximum Gasteiger partial charge on any atom is 0.237 e. The van der Waals surface area contributed by atoms with Crippen LogP contribution in [0.15, 0.2) is 0 Å². The number of rotatable bonds is 4. The van der Waals surface area contributed by atoms with Gasteiger partial charge in [-0.3, -0.25) is 4.79 Å². The first-order valence-electron chi connectivity index (χ1n) is 6.18. The van der Waals surface area contributed by atoms with Gasteiger partial charge in [0.05, 0.1) is 6.54 Å². The molecule has 3 heteroatoms. The van der Waals surface area contributed by atoms with Crippen molar-refractivity contribution in [2.75, 3.05) is 13.1 Å². The van der Waals surface area contributed by atoms with Crippen LogP contribution in [0.4, 0.5) is 0 Å². The van der Waals surface area contributed by atoms with Crippen LogP contribution in [-0.4, -0.2) is 36.0 Å². The lowest BCUT2D eigenvalue weighted by molar-refractivity contribution is -0.136. The summed E-state index contributed by atoms with van der Waals surface area (Å²) in [7, 11) is 0. The van der Waals surface area contributed by atoms with Crippen molar-refractivity contribution in [3.05, 3.63) is 0 Å². The van der Waals surface area contributed by atoms with Crippen LogP contribution in [0.25, 0.3) is 0 Å². The van der Waals surface area contributed by atoms with E-state index in [1.54, 1.807) is 0 Å². The first-order valence-corrected chi connectivity index (χ1v) is 6.18. The molecule has 1 amide bonds. The second kappa shape index (κ2) is 6.11. The summed E-state index contributed by atoms with van der Waals surface area (Å²) < 4.78 is 0. The van der Waals surface area contributed by atoms with Crippen LogP contribution in [0, 0.1) is 0 Å². The van der Waals surface area contributed by atoms with Gasteiger partial charge in [0.1, 0.15) is 0 Å². The monoisotopic (exact) mass is 212 g/mol. The molecule has 1 heterocycles. The zero-order valence-corrected chi connectivity index (χ0v) is 10.3. The summed E-state index contributed by atoms with van der Waals surface area (Å²) in [5.41, 5.74) is 0. The lowest BCUT2D eigenvalue weighted by Crippen LogP contribution is -2.50. The van der Waals surface area contributed by atoms with E-state index in [2.05, 4.69) is 31.0 Å². The topological polar surface area (TPSA) is 32.3 Å². The van der Waals surface area contributed by atoms with Crippen molar-refractivity contribution in [2.45, 2.75) is 58.5 Å². The molecule has 0 radical (unpaired) electrons. The highest BCUT2D eigenvalue weighted by Gasteiger charge is 2.28. The average Bonchev–Trinajstić information content (AvgIpc) is 2.18. The Morgan fingerprint density at radius 3 is 2.47 bits per heavy atom. The van der Waals surface area contributed by atoms with Crippen molar-refractivity contribution in [3.63, 3.8) is 0 Å². The SMILES string of the molecule is CCCNCC(=O)N1C(C)CCCC1C. The van der Waals surface area contributed by atoms with Crippen molar-refractivity contribution in [3.8, 4) is 0 Å². The lowest BCUT2D eigenvalue weighted by Gasteiger charge is -2.39. The highest BCUT2D eigenvalue weighted by Crippen LogP contribution is 2.22. The molecule has 0 spiro atoms. The van der Waals surface area contributed by atoms with E-state index in [9.17, 15) is 4.79 Å². The molecule has 15 heavy (non-hydrogen) atoms. The number of amides is 1. The maximum atomic E-state index is 12.0. The molecule has 2 atom stereocenters. The lowest BCUT2D eigenvalue weighted by atomic mass is 9.97. The fraction of sp³-hybridized carbons (Fsp3) is 0.917. The van der Waals surface area contributed by atoms with Gasteiger partial charge >= 0.3 is 0 Å². The van der Waals surface area contributed by atoms with Gasteiger partial charge in [-0.15, -0.1) is 0 Å². The summed E-state index contributed by atoms with van der Waals surface area (Å²) in [5, 5.41) is 3.18. The molecule has 0 aromatic heterocycles. The minimum Gasteiger partial charge on any atom is -0.336 e. The highest BCUT2D eigenvalue weighted by atomic mass is 16.2. The molecule has 1 aliphatic heterocycles. The van der Waals surface area contributed by atoms with Gasteiger partial charge < -0.3 is 10.2 Å². The van der Waals surface area contributed by atoms with Gasteiger partial charge in [0, 0.05) is 12.1 Å². The summed E-state index contributed by atoms with van der Waals surface area (Å²) in [5.74, 6) is 0.267. The van der Waals surface area contributed by atoms with Crippen LogP contribution in [0.3, 0.4) is 0 Å². The van der Waals surface area contributed by atoms with E-state index < -0.39 is 0 Å². The molecule has 1 rings (SSSR count). The molecule has 0 saturated carbocycles. The van der Waals surface area contributed by atoms with Crippen LogP contribution < -0.4 is 5.32 Å². The van der Waals surface area contributed by atoms with Gasteiger partial charge in [-0.25, -0.2) is 0 Å². The number of carbonyl (C=O) groups is 1. The molecule has 1 N–H and O–H groups in total. The van der Waals surface area contributed by atoms with E-state index in [1.165, 1.54) is 6.42 Å². The van der Waals surface area contributed by atoms with Crippen molar-refractivity contribution >= 4 is 5.91 Å². The van der Waals surface area contributed by atoms with Crippen LogP contribution in [0.2, 0.25) is 0 Å². The van der Waals surface area contributed by atoms with Gasteiger partial charge in [0.25, 0.3) is 0 Å². The summed E-state index contributed by atoms with van der Waals surface area (Å²) >= 11 is 0. The standard InChI is InChI=1S/C12H24N2O/c1-4-8-13-9-12(15)14-10(2)6-5-7-11(14)3/h10-11,13H,4-9H2,1-3H3. The minimum absolute atomic E-state index is 0.267. The third kappa shape index (κ3) is 3.49. The van der Waals surface area contributed by atoms with Crippen LogP contribution in [-0.2, 0) is 4.79 Å². The van der Waals surface area contributed by atoms with Crippen molar-refractivity contribution in [1.82, 2.24) is 10.2 Å². The number of hydrogen-bond donors (Lipinski definition) is 1. The second-order valence-electron chi connectivity index (χ2n) is 4.61. The Hall–Kier alpha value is -0.570. The number of nitrogens with one attached hydrogen (secondary N) is 1. The van der Waals surface area contributed by atoms with E-state index in [-0.39, 0.29) is 5.91 Å². The van der Waals surface area contributed by atoms with Crippen LogP contribution >= 0.6 is 0 Å². The number of hydrogen-bond acceptors (Lipinski definition) is 2. The minimum atomic E-state index is 0.267. The molecule has 1 fully saturated rings. The summed E-state index contributed by atoms with van der Waals surface area (Å²) in [6.07, 6.45) is 4.65. The van der Waals surface area contributed by atoms with E-state index in [0.29, 0.717) is 18.6 Å². The first-order chi connectivity index (χ1) is 7.16. The van der Waals surface area contributed by atoms with Crippen molar-refractivity contribution in [2.24, 2.45) is 0 Å². The number of carbonyl (C=O) groups excluding carboxylic acids is 1. The van der Waals surface area contributed by atoms with E-state index in [1.807, 2.05) is 0 Å². The Kier molecular flexibility index (Phi) is 5.09. The Morgan fingerprint density at radius 1 is 1.33 bits per heavy atom. The van der Waals surface area contributed by atoms with Gasteiger partial charge in [-0.05, 0) is 46.1 Å². The molecule has 1 saturated heterocycles. The predicted molar refractivity (Wildman–Crippen MR) is 62.8 cm³/mol. The molecule has 0 aromatic carbocycles. The third-order valence-electron chi connectivity index (χ3n) is 3.18. The van der Waals surface area contributed by atoms with Crippen LogP contribution in [0.1, 0.15) is 46.5 Å². The largest absolute Gasteiger partial charge is 0.336 e. The molecular formula is C12H24N2O. The van der Waals surface area contributed by atoms with Gasteiger partial charge in [0.2, 0.25) is 5.91 Å². The van der Waals surface area contributed by atoms with Gasteiger partial charge in [0.15, 0.2) is 0 Å². The molecule has 88 valence electrons. The maximum absolute atomic E-state index is 12.0.